The number of likely N-dealkylation sites (tertiary alicyclic amines) is 1. The third-order valence-corrected chi connectivity index (χ3v) is 6.18. The van der Waals surface area contributed by atoms with Crippen LogP contribution in [0.1, 0.15) is 24.1 Å². The average Bonchev–Trinajstić information content (AvgIpc) is 3.37. The number of carbonyl (C=O) groups excluding carboxylic acids is 2. The lowest BCUT2D eigenvalue weighted by Gasteiger charge is -2.32. The topological polar surface area (TPSA) is 83.9 Å². The highest BCUT2D eigenvalue weighted by Crippen LogP contribution is 2.28. The van der Waals surface area contributed by atoms with Gasteiger partial charge in [-0.15, -0.1) is 11.3 Å². The summed E-state index contributed by atoms with van der Waals surface area (Å²) in [6.45, 7) is 1.05. The first-order valence-corrected chi connectivity index (χ1v) is 10.3. The van der Waals surface area contributed by atoms with Crippen LogP contribution in [0.5, 0.6) is 0 Å². The second kappa shape index (κ2) is 8.28. The molecule has 0 radical (unpaired) electrons. The minimum absolute atomic E-state index is 0.0527. The molecule has 0 aliphatic carbocycles. The summed E-state index contributed by atoms with van der Waals surface area (Å²) in [5, 5.41) is 6.89. The fraction of sp³-hybridized carbons (Fsp3) is 0.368. The molecule has 2 aromatic rings. The van der Waals surface area contributed by atoms with Crippen molar-refractivity contribution in [3.63, 3.8) is 0 Å². The lowest BCUT2D eigenvalue weighted by atomic mass is 9.95. The van der Waals surface area contributed by atoms with E-state index in [1.54, 1.807) is 29.3 Å². The molecule has 1 saturated heterocycles. The van der Waals surface area contributed by atoms with Crippen LogP contribution in [0.25, 0.3) is 0 Å². The predicted molar refractivity (Wildman–Crippen MR) is 108 cm³/mol. The summed E-state index contributed by atoms with van der Waals surface area (Å²) in [7, 11) is 0. The highest BCUT2D eigenvalue weighted by Gasteiger charge is 2.35. The average molecular weight is 419 g/mol. The van der Waals surface area contributed by atoms with Gasteiger partial charge in [0.25, 0.3) is 5.91 Å². The van der Waals surface area contributed by atoms with Gasteiger partial charge in [0.2, 0.25) is 12.0 Å². The van der Waals surface area contributed by atoms with E-state index in [0.717, 1.165) is 10.6 Å². The van der Waals surface area contributed by atoms with E-state index in [4.69, 9.17) is 16.4 Å². The van der Waals surface area contributed by atoms with Crippen molar-refractivity contribution in [2.24, 2.45) is 11.1 Å². The number of nitrogens with one attached hydrogen (secondary N) is 1. The molecule has 4 heterocycles. The van der Waals surface area contributed by atoms with Crippen molar-refractivity contribution in [3.05, 3.63) is 45.7 Å². The van der Waals surface area contributed by atoms with Crippen LogP contribution in [0.2, 0.25) is 4.34 Å². The number of hydrogen-bond donors (Lipinski definition) is 1. The first kappa shape index (κ1) is 18.9. The van der Waals surface area contributed by atoms with Crippen LogP contribution >= 0.6 is 22.9 Å². The van der Waals surface area contributed by atoms with Crippen LogP contribution in [0.15, 0.2) is 41.7 Å². The van der Waals surface area contributed by atoms with Crippen molar-refractivity contribution in [1.29, 1.82) is 0 Å². The van der Waals surface area contributed by atoms with Crippen LogP contribution in [0, 0.1) is 5.92 Å². The fourth-order valence-corrected chi connectivity index (χ4v) is 4.39. The number of aromatic nitrogens is 1. The molecule has 0 bridgehead atoms. The Labute approximate surface area is 171 Å². The molecule has 1 fully saturated rings. The second-order valence-corrected chi connectivity index (χ2v) is 8.46. The fourth-order valence-electron chi connectivity index (χ4n) is 3.36. The molecule has 7 nitrogen and oxygen atoms in total. The molecular weight excluding hydrogens is 400 g/mol. The standard InChI is InChI=1S/C19H19ClN4O3S/c20-16-5-4-15(28-16)13-11-14(27-23-13)19(26)24-9-6-12(7-10-24)18(25)22-17-3-1-2-8-21-17/h1-5,8,12,14H,6-7,9-11H2,(H,21,22,25). The van der Waals surface area contributed by atoms with Gasteiger partial charge >= 0.3 is 0 Å². The van der Waals surface area contributed by atoms with Crippen LogP contribution in [0.4, 0.5) is 5.82 Å². The minimum atomic E-state index is -0.602. The summed E-state index contributed by atoms with van der Waals surface area (Å²) in [6, 6.07) is 9.07. The number of carbonyl (C=O) groups is 2. The Hall–Kier alpha value is -2.45. The van der Waals surface area contributed by atoms with Gasteiger partial charge < -0.3 is 15.1 Å². The van der Waals surface area contributed by atoms with E-state index < -0.39 is 6.10 Å². The largest absolute Gasteiger partial charge is 0.382 e. The molecule has 0 aromatic carbocycles. The van der Waals surface area contributed by atoms with Gasteiger partial charge in [0.15, 0.2) is 0 Å². The molecule has 2 aliphatic rings. The van der Waals surface area contributed by atoms with Crippen molar-refractivity contribution in [2.45, 2.75) is 25.4 Å². The third-order valence-electron chi connectivity index (χ3n) is 4.90. The second-order valence-electron chi connectivity index (χ2n) is 6.74. The molecule has 2 aliphatic heterocycles. The predicted octanol–water partition coefficient (Wildman–Crippen LogP) is 3.17. The van der Waals surface area contributed by atoms with Crippen LogP contribution < -0.4 is 5.32 Å². The number of oxime groups is 1. The van der Waals surface area contributed by atoms with E-state index >= 15 is 0 Å². The number of amides is 2. The molecule has 1 unspecified atom stereocenters. The Morgan fingerprint density at radius 3 is 2.71 bits per heavy atom. The van der Waals surface area contributed by atoms with Crippen molar-refractivity contribution in [1.82, 2.24) is 9.88 Å². The molecule has 0 saturated carbocycles. The molecule has 0 spiro atoms. The maximum Gasteiger partial charge on any atom is 0.266 e. The van der Waals surface area contributed by atoms with Gasteiger partial charge in [-0.05, 0) is 37.1 Å². The van der Waals surface area contributed by atoms with Gasteiger partial charge in [-0.25, -0.2) is 4.98 Å². The number of pyridine rings is 1. The molecule has 2 aromatic heterocycles. The summed E-state index contributed by atoms with van der Waals surface area (Å²) in [4.78, 5) is 37.3. The van der Waals surface area contributed by atoms with E-state index in [1.165, 1.54) is 11.3 Å². The molecule has 4 rings (SSSR count). The molecule has 9 heteroatoms. The van der Waals surface area contributed by atoms with Crippen molar-refractivity contribution in [2.75, 3.05) is 18.4 Å². The zero-order valence-electron chi connectivity index (χ0n) is 15.0. The quantitative estimate of drug-likeness (QED) is 0.826. The number of thiophene rings is 1. The smallest absolute Gasteiger partial charge is 0.266 e. The summed E-state index contributed by atoms with van der Waals surface area (Å²) < 4.78 is 0.679. The van der Waals surface area contributed by atoms with Crippen LogP contribution in [-0.4, -0.2) is 46.6 Å². The van der Waals surface area contributed by atoms with Crippen molar-refractivity contribution >= 4 is 46.3 Å². The van der Waals surface area contributed by atoms with Crippen LogP contribution in [-0.2, 0) is 14.4 Å². The van der Waals surface area contributed by atoms with Gasteiger partial charge in [-0.3, -0.25) is 9.59 Å². The Morgan fingerprint density at radius 1 is 1.21 bits per heavy atom. The maximum absolute atomic E-state index is 12.7. The highest BCUT2D eigenvalue weighted by molar-refractivity contribution is 7.18. The van der Waals surface area contributed by atoms with E-state index in [0.29, 0.717) is 42.5 Å². The molecule has 1 N–H and O–H groups in total. The zero-order chi connectivity index (χ0) is 19.5. The normalized spacial score (nSPS) is 19.8. The zero-order valence-corrected chi connectivity index (χ0v) is 16.6. The van der Waals surface area contributed by atoms with Gasteiger partial charge in [0.1, 0.15) is 11.5 Å². The first-order valence-electron chi connectivity index (χ1n) is 9.09. The number of hydrogen-bond acceptors (Lipinski definition) is 6. The number of piperidine rings is 1. The number of halogens is 1. The monoisotopic (exact) mass is 418 g/mol. The summed E-state index contributed by atoms with van der Waals surface area (Å²) in [6.07, 6.45) is 2.71. The summed E-state index contributed by atoms with van der Waals surface area (Å²) >= 11 is 7.38. The molecule has 146 valence electrons. The third kappa shape index (κ3) is 4.18. The number of nitrogens with zero attached hydrogens (tertiary/aromatic N) is 3. The van der Waals surface area contributed by atoms with Crippen molar-refractivity contribution in [3.8, 4) is 0 Å². The van der Waals surface area contributed by atoms with E-state index in [2.05, 4.69) is 15.5 Å². The summed E-state index contributed by atoms with van der Waals surface area (Å²) in [5.41, 5.74) is 0.750. The maximum atomic E-state index is 12.7. The Kier molecular flexibility index (Phi) is 5.59. The van der Waals surface area contributed by atoms with Gasteiger partial charge in [-0.1, -0.05) is 22.8 Å². The Balaban J connectivity index is 1.27. The van der Waals surface area contributed by atoms with Gasteiger partial charge in [0, 0.05) is 31.6 Å². The molecule has 1 atom stereocenters. The van der Waals surface area contributed by atoms with Crippen molar-refractivity contribution < 1.29 is 14.4 Å². The highest BCUT2D eigenvalue weighted by atomic mass is 35.5. The lowest BCUT2D eigenvalue weighted by Crippen LogP contribution is -2.45. The van der Waals surface area contributed by atoms with Gasteiger partial charge in [0.05, 0.1) is 9.21 Å². The van der Waals surface area contributed by atoms with E-state index in [9.17, 15) is 9.59 Å². The van der Waals surface area contributed by atoms with Crippen LogP contribution in [0.3, 0.4) is 0 Å². The minimum Gasteiger partial charge on any atom is -0.382 e. The van der Waals surface area contributed by atoms with Gasteiger partial charge in [-0.2, -0.15) is 0 Å². The number of rotatable bonds is 4. The molecule has 28 heavy (non-hydrogen) atoms. The molecule has 2 amide bonds. The molecular formula is C19H19ClN4O3S. The Bertz CT molecular complexity index is 894. The summed E-state index contributed by atoms with van der Waals surface area (Å²) in [5.74, 6) is 0.285. The Morgan fingerprint density at radius 2 is 2.04 bits per heavy atom. The van der Waals surface area contributed by atoms with E-state index in [-0.39, 0.29) is 17.7 Å². The number of anilines is 1. The van der Waals surface area contributed by atoms with E-state index in [1.807, 2.05) is 12.1 Å². The lowest BCUT2D eigenvalue weighted by molar-refractivity contribution is -0.144. The SMILES string of the molecule is O=C(Nc1ccccn1)C1CCN(C(=O)C2CC(c3ccc(Cl)s3)=NO2)CC1. The first-order chi connectivity index (χ1) is 13.6.